The number of phenolic OH excluding ortho intramolecular Hbond substituents is 1. The van der Waals surface area contributed by atoms with E-state index in [1.807, 2.05) is 44.2 Å². The summed E-state index contributed by atoms with van der Waals surface area (Å²) in [5.74, 6) is -3.98. The number of nitrogens with zero attached hydrogens (tertiary/aromatic N) is 2. The van der Waals surface area contributed by atoms with E-state index >= 15 is 0 Å². The summed E-state index contributed by atoms with van der Waals surface area (Å²) in [6.07, 6.45) is -3.63. The third-order valence-corrected chi connectivity index (χ3v) is 6.68. The van der Waals surface area contributed by atoms with Crippen molar-refractivity contribution in [3.63, 3.8) is 0 Å². The van der Waals surface area contributed by atoms with Crippen molar-refractivity contribution in [1.29, 1.82) is 5.41 Å². The fourth-order valence-corrected chi connectivity index (χ4v) is 4.37. The van der Waals surface area contributed by atoms with E-state index in [0.717, 1.165) is 5.56 Å². The second-order valence-corrected chi connectivity index (χ2v) is 11.0. The van der Waals surface area contributed by atoms with Crippen molar-refractivity contribution in [1.82, 2.24) is 20.2 Å². The Morgan fingerprint density at radius 2 is 1.61 bits per heavy atom. The Kier molecular flexibility index (Phi) is 14.3. The number of phenols is 1. The zero-order chi connectivity index (χ0) is 37.2. The van der Waals surface area contributed by atoms with E-state index in [-0.39, 0.29) is 61.0 Å². The number of nitrogens with one attached hydrogen (secondary N) is 4. The van der Waals surface area contributed by atoms with Crippen LogP contribution in [0.2, 0.25) is 0 Å². The predicted octanol–water partition coefficient (Wildman–Crippen LogP) is 3.82. The molecule has 0 fully saturated rings. The van der Waals surface area contributed by atoms with Crippen LogP contribution in [-0.2, 0) is 29.2 Å². The number of aromatic nitrogens is 2. The highest BCUT2D eigenvalue weighted by atomic mass is 19.4. The van der Waals surface area contributed by atoms with E-state index in [0.29, 0.717) is 29.1 Å². The first-order chi connectivity index (χ1) is 23.5. The molecule has 0 aliphatic rings. The average molecular weight is 713 g/mol. The molecule has 4 rings (SSSR count). The summed E-state index contributed by atoms with van der Waals surface area (Å²) in [5.41, 5.74) is 14.1. The number of nitrogen functional groups attached to an aromatic ring is 2. The first-order valence-corrected chi connectivity index (χ1v) is 14.8. The van der Waals surface area contributed by atoms with Crippen LogP contribution in [0.15, 0.2) is 77.7 Å². The van der Waals surface area contributed by atoms with E-state index in [9.17, 15) is 32.7 Å². The highest BCUT2D eigenvalue weighted by molar-refractivity contribution is 5.97. The van der Waals surface area contributed by atoms with Gasteiger partial charge in [0.1, 0.15) is 18.1 Å². The van der Waals surface area contributed by atoms with Gasteiger partial charge in [-0.05, 0) is 55.3 Å². The quantitative estimate of drug-likeness (QED) is 0.0635. The van der Waals surface area contributed by atoms with Crippen molar-refractivity contribution in [3.05, 3.63) is 106 Å². The second kappa shape index (κ2) is 17.8. The molecule has 0 spiro atoms. The summed E-state index contributed by atoms with van der Waals surface area (Å²) in [5, 5.41) is 33.3. The minimum atomic E-state index is -5.08. The van der Waals surface area contributed by atoms with E-state index in [1.165, 1.54) is 29.0 Å². The van der Waals surface area contributed by atoms with Gasteiger partial charge in [-0.2, -0.15) is 13.2 Å². The number of amidine groups is 1. The Hall–Kier alpha value is -6.39. The van der Waals surface area contributed by atoms with Crippen molar-refractivity contribution in [2.24, 2.45) is 5.73 Å². The van der Waals surface area contributed by atoms with Crippen LogP contribution >= 0.6 is 0 Å². The number of alkyl halides is 3. The van der Waals surface area contributed by atoms with Gasteiger partial charge < -0.3 is 37.6 Å². The maximum Gasteiger partial charge on any atom is 0.490 e. The monoisotopic (exact) mass is 712 g/mol. The zero-order valence-electron chi connectivity index (χ0n) is 26.8. The van der Waals surface area contributed by atoms with Crippen molar-refractivity contribution in [2.75, 3.05) is 11.1 Å². The number of halogens is 3. The van der Waals surface area contributed by atoms with Crippen LogP contribution in [0, 0.1) is 5.41 Å². The summed E-state index contributed by atoms with van der Waals surface area (Å²) < 4.78 is 33.0. The summed E-state index contributed by atoms with van der Waals surface area (Å²) in [4.78, 5) is 52.8. The minimum absolute atomic E-state index is 0. The molecule has 10 N–H and O–H groups in total. The number of carbonyl (C=O) groups excluding carboxylic acids is 2. The lowest BCUT2D eigenvalue weighted by molar-refractivity contribution is -0.192. The van der Waals surface area contributed by atoms with Crippen molar-refractivity contribution < 1.29 is 37.8 Å². The molecule has 0 atom stereocenters. The first-order valence-electron chi connectivity index (χ1n) is 14.8. The van der Waals surface area contributed by atoms with Crippen molar-refractivity contribution in [3.8, 4) is 17.0 Å². The Labute approximate surface area is 290 Å². The Morgan fingerprint density at radius 3 is 2.18 bits per heavy atom. The number of aliphatic carboxylic acids is 1. The van der Waals surface area contributed by atoms with Crippen LogP contribution in [-0.4, -0.2) is 55.6 Å². The van der Waals surface area contributed by atoms with Gasteiger partial charge >= 0.3 is 12.1 Å². The van der Waals surface area contributed by atoms with Gasteiger partial charge in [0.05, 0.1) is 17.5 Å². The summed E-state index contributed by atoms with van der Waals surface area (Å²) in [6, 6.07) is 18.6. The molecule has 0 saturated heterocycles. The lowest BCUT2D eigenvalue weighted by atomic mass is 10.1. The van der Waals surface area contributed by atoms with Crippen LogP contribution in [0.3, 0.4) is 0 Å². The largest absolute Gasteiger partial charge is 0.507 e. The molecule has 272 valence electrons. The third-order valence-electron chi connectivity index (χ3n) is 6.68. The molecule has 3 aromatic carbocycles. The SMILES string of the molecule is C.CC(C)Nc1ncc(-c2cc(N)cc(C(=O)NCc3ccccc3)c2)n(CC(=O)NCc2ccc(C(=N)N)c(O)c2)c1=O.O=C(O)C(F)(F)F. The molecule has 1 heterocycles. The molecule has 0 aliphatic heterocycles. The highest BCUT2D eigenvalue weighted by Crippen LogP contribution is 2.24. The van der Waals surface area contributed by atoms with E-state index in [1.54, 1.807) is 18.2 Å². The number of aromatic hydroxyl groups is 1. The molecular formula is C34H39F3N8O6. The van der Waals surface area contributed by atoms with Crippen molar-refractivity contribution >= 4 is 35.1 Å². The molecule has 0 unspecified atom stereocenters. The van der Waals surface area contributed by atoms with Crippen LogP contribution < -0.4 is 33.0 Å². The molecule has 0 aliphatic carbocycles. The molecule has 14 nitrogen and oxygen atoms in total. The molecule has 2 amide bonds. The second-order valence-electron chi connectivity index (χ2n) is 11.0. The van der Waals surface area contributed by atoms with E-state index in [2.05, 4.69) is 20.9 Å². The number of benzene rings is 3. The van der Waals surface area contributed by atoms with Gasteiger partial charge in [0, 0.05) is 35.9 Å². The van der Waals surface area contributed by atoms with Gasteiger partial charge in [-0.3, -0.25) is 24.4 Å². The van der Waals surface area contributed by atoms with Gasteiger partial charge in [0.15, 0.2) is 5.82 Å². The number of amides is 2. The Bertz CT molecular complexity index is 1930. The molecule has 51 heavy (non-hydrogen) atoms. The molecule has 1 aromatic heterocycles. The van der Waals surface area contributed by atoms with Gasteiger partial charge in [0.25, 0.3) is 11.5 Å². The van der Waals surface area contributed by atoms with Gasteiger partial charge in [0.2, 0.25) is 5.91 Å². The summed E-state index contributed by atoms with van der Waals surface area (Å²) >= 11 is 0. The average Bonchev–Trinajstić information content (AvgIpc) is 3.04. The van der Waals surface area contributed by atoms with Gasteiger partial charge in [-0.25, -0.2) is 9.78 Å². The van der Waals surface area contributed by atoms with Crippen LogP contribution in [0.1, 0.15) is 48.3 Å². The number of carboxylic acids is 1. The normalized spacial score (nSPS) is 10.6. The number of carboxylic acid groups (broad SMARTS) is 1. The smallest absolute Gasteiger partial charge is 0.490 e. The fourth-order valence-electron chi connectivity index (χ4n) is 4.37. The summed E-state index contributed by atoms with van der Waals surface area (Å²) in [7, 11) is 0. The van der Waals surface area contributed by atoms with Crippen LogP contribution in [0.25, 0.3) is 11.3 Å². The predicted molar refractivity (Wildman–Crippen MR) is 186 cm³/mol. The molecular weight excluding hydrogens is 673 g/mol. The number of hydrogen-bond acceptors (Lipinski definition) is 9. The van der Waals surface area contributed by atoms with Crippen molar-refractivity contribution in [2.45, 2.75) is 53.1 Å². The standard InChI is InChI=1S/C31H34N8O4.C2HF3O2.CH4/c1-18(2)38-29-31(43)39(17-27(41)35-15-20-8-9-24(28(33)34)26(40)10-20)25(16-36-29)21-11-22(13-23(32)12-21)30(42)37-14-19-6-4-3-5-7-19;3-2(4,5)1(6)7;/h3-13,16,18,40H,14-15,17,32H2,1-2H3,(H3,33,34)(H,35,41)(H,36,38)(H,37,42);(H,6,7);1H4. The molecule has 0 radical (unpaired) electrons. The number of rotatable bonds is 11. The number of hydrogen-bond donors (Lipinski definition) is 8. The topological polar surface area (TPSA) is 239 Å². The maximum absolute atomic E-state index is 13.5. The number of anilines is 2. The maximum atomic E-state index is 13.5. The molecule has 4 aromatic rings. The Balaban J connectivity index is 0.00000102. The Morgan fingerprint density at radius 1 is 0.980 bits per heavy atom. The minimum Gasteiger partial charge on any atom is -0.507 e. The van der Waals surface area contributed by atoms with Crippen LogP contribution in [0.5, 0.6) is 5.75 Å². The third kappa shape index (κ3) is 11.9. The fraction of sp³-hybridized carbons (Fsp3) is 0.235. The van der Waals surface area contributed by atoms with E-state index < -0.39 is 23.6 Å². The van der Waals surface area contributed by atoms with Gasteiger partial charge in [-0.15, -0.1) is 0 Å². The first kappa shape index (κ1) is 40.8. The number of carbonyl (C=O) groups is 3. The molecule has 17 heteroatoms. The lowest BCUT2D eigenvalue weighted by Gasteiger charge is -2.17. The number of nitrogens with two attached hydrogens (primary N) is 2. The van der Waals surface area contributed by atoms with Gasteiger partial charge in [-0.1, -0.05) is 43.8 Å². The zero-order valence-corrected chi connectivity index (χ0v) is 26.8. The lowest BCUT2D eigenvalue weighted by Crippen LogP contribution is -2.35. The summed E-state index contributed by atoms with van der Waals surface area (Å²) in [6.45, 7) is 3.74. The molecule has 0 saturated carbocycles. The van der Waals surface area contributed by atoms with E-state index in [4.69, 9.17) is 26.8 Å². The van der Waals surface area contributed by atoms with Crippen LogP contribution in [0.4, 0.5) is 24.7 Å². The molecule has 0 bridgehead atoms. The highest BCUT2D eigenvalue weighted by Gasteiger charge is 2.38.